The Kier molecular flexibility index (Phi) is 5.00. The third-order valence-electron chi connectivity index (χ3n) is 3.35. The van der Waals surface area contributed by atoms with Gasteiger partial charge in [0.2, 0.25) is 0 Å². The Morgan fingerprint density at radius 1 is 1.43 bits per heavy atom. The first-order valence-electron chi connectivity index (χ1n) is 7.29. The number of ether oxygens (including phenoxy) is 1. The molecule has 0 heterocycles. The minimum atomic E-state index is 0.588. The number of hydrogen-bond acceptors (Lipinski definition) is 2. The molecule has 1 saturated carbocycles. The van der Waals surface area contributed by atoms with Crippen LogP contribution in [0, 0.1) is 17.2 Å². The van der Waals surface area contributed by atoms with E-state index in [2.05, 4.69) is 32.6 Å². The van der Waals surface area contributed by atoms with Gasteiger partial charge in [0.05, 0.1) is 12.2 Å². The zero-order chi connectivity index (χ0) is 15.2. The van der Waals surface area contributed by atoms with E-state index in [1.807, 2.05) is 24.3 Å². The van der Waals surface area contributed by atoms with E-state index >= 15 is 0 Å². The second kappa shape index (κ2) is 6.95. The Labute approximate surface area is 127 Å². The summed E-state index contributed by atoms with van der Waals surface area (Å²) < 4.78 is 5.75. The molecule has 2 rings (SSSR count). The molecule has 0 N–H and O–H groups in total. The molecule has 1 aliphatic rings. The third kappa shape index (κ3) is 4.36. The first kappa shape index (κ1) is 15.1. The van der Waals surface area contributed by atoms with Crippen LogP contribution in [0.2, 0.25) is 0 Å². The maximum atomic E-state index is 9.33. The molecule has 0 amide bonds. The second-order valence-electron chi connectivity index (χ2n) is 5.66. The van der Waals surface area contributed by atoms with Gasteiger partial charge in [-0.2, -0.15) is 5.26 Å². The van der Waals surface area contributed by atoms with Crippen molar-refractivity contribution < 1.29 is 4.74 Å². The SMILES string of the molecule is C=C/C=C(\C=C(C)C)c1ccc(OCC2CC2)c(C#N)c1. The largest absolute Gasteiger partial charge is 0.492 e. The summed E-state index contributed by atoms with van der Waals surface area (Å²) in [5, 5.41) is 9.33. The van der Waals surface area contributed by atoms with Crippen LogP contribution in [0.15, 0.2) is 48.6 Å². The summed E-state index contributed by atoms with van der Waals surface area (Å²) in [7, 11) is 0. The van der Waals surface area contributed by atoms with Crippen LogP contribution in [0.25, 0.3) is 5.57 Å². The number of nitriles is 1. The summed E-state index contributed by atoms with van der Waals surface area (Å²) in [5.41, 5.74) is 3.85. The lowest BCUT2D eigenvalue weighted by Gasteiger charge is -2.10. The van der Waals surface area contributed by atoms with Gasteiger partial charge in [0.25, 0.3) is 0 Å². The van der Waals surface area contributed by atoms with Crippen molar-refractivity contribution in [3.8, 4) is 11.8 Å². The van der Waals surface area contributed by atoms with Gasteiger partial charge in [-0.15, -0.1) is 0 Å². The molecule has 0 atom stereocenters. The Morgan fingerprint density at radius 3 is 2.76 bits per heavy atom. The van der Waals surface area contributed by atoms with Crippen molar-refractivity contribution >= 4 is 5.57 Å². The van der Waals surface area contributed by atoms with Gasteiger partial charge in [-0.3, -0.25) is 0 Å². The highest BCUT2D eigenvalue weighted by atomic mass is 16.5. The van der Waals surface area contributed by atoms with E-state index < -0.39 is 0 Å². The van der Waals surface area contributed by atoms with Crippen LogP contribution in [0.3, 0.4) is 0 Å². The van der Waals surface area contributed by atoms with Gasteiger partial charge in [-0.25, -0.2) is 0 Å². The highest BCUT2D eigenvalue weighted by Crippen LogP contribution is 2.31. The van der Waals surface area contributed by atoms with Gasteiger partial charge < -0.3 is 4.74 Å². The standard InChI is InChI=1S/C19H21NO/c1-4-5-16(10-14(2)3)17-8-9-19(18(11-17)12-20)21-13-15-6-7-15/h4-5,8-11,15H,1,6-7,13H2,2-3H3/b16-5+. The molecule has 21 heavy (non-hydrogen) atoms. The van der Waals surface area contributed by atoms with E-state index in [9.17, 15) is 5.26 Å². The molecule has 0 saturated heterocycles. The molecular weight excluding hydrogens is 258 g/mol. The minimum absolute atomic E-state index is 0.588. The van der Waals surface area contributed by atoms with Crippen molar-refractivity contribution in [2.24, 2.45) is 5.92 Å². The molecule has 0 radical (unpaired) electrons. The molecule has 0 aliphatic heterocycles. The topological polar surface area (TPSA) is 33.0 Å². The number of benzene rings is 1. The average molecular weight is 279 g/mol. The molecular formula is C19H21NO. The minimum Gasteiger partial charge on any atom is -0.492 e. The normalized spacial score (nSPS) is 14.2. The van der Waals surface area contributed by atoms with E-state index in [1.54, 1.807) is 6.08 Å². The van der Waals surface area contributed by atoms with Crippen LogP contribution >= 0.6 is 0 Å². The van der Waals surface area contributed by atoms with Crippen LogP contribution in [-0.4, -0.2) is 6.61 Å². The fourth-order valence-corrected chi connectivity index (χ4v) is 2.08. The number of rotatable bonds is 6. The molecule has 2 heteroatoms. The van der Waals surface area contributed by atoms with E-state index in [1.165, 1.54) is 18.4 Å². The monoisotopic (exact) mass is 279 g/mol. The average Bonchev–Trinajstić information content (AvgIpc) is 3.28. The highest BCUT2D eigenvalue weighted by Gasteiger charge is 2.22. The molecule has 1 aromatic carbocycles. The van der Waals surface area contributed by atoms with Crippen molar-refractivity contribution in [2.45, 2.75) is 26.7 Å². The Hall–Kier alpha value is -2.27. The predicted octanol–water partition coefficient (Wildman–Crippen LogP) is 4.88. The zero-order valence-electron chi connectivity index (χ0n) is 12.7. The van der Waals surface area contributed by atoms with Crippen molar-refractivity contribution in [1.82, 2.24) is 0 Å². The first-order chi connectivity index (χ1) is 10.1. The van der Waals surface area contributed by atoms with Crippen LogP contribution in [0.4, 0.5) is 0 Å². The van der Waals surface area contributed by atoms with Gasteiger partial charge in [-0.1, -0.05) is 36.4 Å². The first-order valence-corrected chi connectivity index (χ1v) is 7.29. The third-order valence-corrected chi connectivity index (χ3v) is 3.35. The fourth-order valence-electron chi connectivity index (χ4n) is 2.08. The van der Waals surface area contributed by atoms with E-state index in [4.69, 9.17) is 4.74 Å². The van der Waals surface area contributed by atoms with Gasteiger partial charge in [0.1, 0.15) is 11.8 Å². The molecule has 108 valence electrons. The van der Waals surface area contributed by atoms with Crippen molar-refractivity contribution in [3.63, 3.8) is 0 Å². The lowest BCUT2D eigenvalue weighted by molar-refractivity contribution is 0.299. The number of nitrogens with zero attached hydrogens (tertiary/aromatic N) is 1. The fraction of sp³-hybridized carbons (Fsp3) is 0.316. The summed E-state index contributed by atoms with van der Waals surface area (Å²) in [6, 6.07) is 8.01. The smallest absolute Gasteiger partial charge is 0.137 e. The van der Waals surface area contributed by atoms with Crippen LogP contribution < -0.4 is 4.74 Å². The molecule has 1 fully saturated rings. The molecule has 0 spiro atoms. The van der Waals surface area contributed by atoms with Crippen LogP contribution in [0.5, 0.6) is 5.75 Å². The van der Waals surface area contributed by atoms with Crippen molar-refractivity contribution in [1.29, 1.82) is 5.26 Å². The molecule has 2 nitrogen and oxygen atoms in total. The van der Waals surface area contributed by atoms with Gasteiger partial charge >= 0.3 is 0 Å². The maximum absolute atomic E-state index is 9.33. The van der Waals surface area contributed by atoms with E-state index in [0.717, 1.165) is 17.7 Å². The predicted molar refractivity (Wildman–Crippen MR) is 87.0 cm³/mol. The van der Waals surface area contributed by atoms with Crippen molar-refractivity contribution in [3.05, 3.63) is 59.7 Å². The molecule has 0 unspecified atom stereocenters. The van der Waals surface area contributed by atoms with Gasteiger partial charge in [0, 0.05) is 0 Å². The molecule has 0 bridgehead atoms. The number of allylic oxidation sites excluding steroid dienone is 5. The lowest BCUT2D eigenvalue weighted by Crippen LogP contribution is -2.01. The maximum Gasteiger partial charge on any atom is 0.137 e. The van der Waals surface area contributed by atoms with Crippen molar-refractivity contribution in [2.75, 3.05) is 6.61 Å². The van der Waals surface area contributed by atoms with Crippen LogP contribution in [-0.2, 0) is 0 Å². The van der Waals surface area contributed by atoms with Crippen LogP contribution in [0.1, 0.15) is 37.8 Å². The summed E-state index contributed by atoms with van der Waals surface area (Å²) in [6.07, 6.45) is 8.29. The van der Waals surface area contributed by atoms with E-state index in [0.29, 0.717) is 17.2 Å². The number of hydrogen-bond donors (Lipinski definition) is 0. The molecule has 1 aromatic rings. The summed E-state index contributed by atoms with van der Waals surface area (Å²) in [5.74, 6) is 1.36. The highest BCUT2D eigenvalue weighted by molar-refractivity contribution is 5.77. The van der Waals surface area contributed by atoms with Gasteiger partial charge in [-0.05, 0) is 55.9 Å². The summed E-state index contributed by atoms with van der Waals surface area (Å²) >= 11 is 0. The second-order valence-corrected chi connectivity index (χ2v) is 5.66. The quantitative estimate of drug-likeness (QED) is 0.695. The van der Waals surface area contributed by atoms with Gasteiger partial charge in [0.15, 0.2) is 0 Å². The lowest BCUT2D eigenvalue weighted by atomic mass is 10.0. The Morgan fingerprint density at radius 2 is 2.19 bits per heavy atom. The zero-order valence-corrected chi connectivity index (χ0v) is 12.7. The van der Waals surface area contributed by atoms with E-state index in [-0.39, 0.29) is 0 Å². The summed E-state index contributed by atoms with van der Waals surface area (Å²) in [4.78, 5) is 0. The summed E-state index contributed by atoms with van der Waals surface area (Å²) in [6.45, 7) is 8.58. The molecule has 0 aromatic heterocycles. The Balaban J connectivity index is 2.28. The molecule has 1 aliphatic carbocycles. The Bertz CT molecular complexity index is 623.